The lowest BCUT2D eigenvalue weighted by Gasteiger charge is -2.16. The first-order chi connectivity index (χ1) is 11.8. The minimum atomic E-state index is -0.762. The minimum absolute atomic E-state index is 0.105. The van der Waals surface area contributed by atoms with Crippen LogP contribution in [0.3, 0.4) is 0 Å². The van der Waals surface area contributed by atoms with Gasteiger partial charge in [-0.25, -0.2) is 0 Å². The molecule has 2 rings (SSSR count). The summed E-state index contributed by atoms with van der Waals surface area (Å²) in [7, 11) is 3.36. The lowest BCUT2D eigenvalue weighted by atomic mass is 10.2. The van der Waals surface area contributed by atoms with Crippen LogP contribution in [-0.4, -0.2) is 36.9 Å². The fourth-order valence-corrected chi connectivity index (χ4v) is 2.47. The van der Waals surface area contributed by atoms with Crippen LogP contribution in [0.5, 0.6) is 5.75 Å². The second-order valence-corrected chi connectivity index (χ2v) is 6.44. The summed E-state index contributed by atoms with van der Waals surface area (Å²) < 4.78 is 5.56. The molecule has 0 saturated carbocycles. The maximum Gasteiger partial charge on any atom is 0.265 e. The van der Waals surface area contributed by atoms with E-state index in [-0.39, 0.29) is 11.8 Å². The molecule has 0 aliphatic carbocycles. The number of nitrogens with zero attached hydrogens (tertiary/aromatic N) is 1. The number of carbonyl (C=O) groups is 2. The summed E-state index contributed by atoms with van der Waals surface area (Å²) >= 11 is 11.9. The molecule has 0 unspecified atom stereocenters. The average Bonchev–Trinajstić information content (AvgIpc) is 2.57. The van der Waals surface area contributed by atoms with Crippen molar-refractivity contribution in [2.24, 2.45) is 0 Å². The molecular weight excluding hydrogens is 363 g/mol. The van der Waals surface area contributed by atoms with Crippen molar-refractivity contribution < 1.29 is 14.3 Å². The predicted octanol–water partition coefficient (Wildman–Crippen LogP) is 4.10. The van der Waals surface area contributed by atoms with Gasteiger partial charge >= 0.3 is 0 Å². The molecule has 0 radical (unpaired) electrons. The topological polar surface area (TPSA) is 58.6 Å². The average molecular weight is 381 g/mol. The summed E-state index contributed by atoms with van der Waals surface area (Å²) in [6, 6.07) is 11.4. The highest BCUT2D eigenvalue weighted by Crippen LogP contribution is 2.28. The minimum Gasteiger partial charge on any atom is -0.479 e. The second kappa shape index (κ2) is 8.23. The van der Waals surface area contributed by atoms with E-state index < -0.39 is 6.10 Å². The third-order valence-corrected chi connectivity index (χ3v) is 3.90. The standard InChI is InChI=1S/C18H18Cl2N2O3/c1-11(25-16-9-6-13(19)10-15(16)20)17(23)21-14-7-4-12(5-8-14)18(24)22(2)3/h4-11H,1-3H3,(H,21,23)/t11-/m0/s1. The van der Waals surface area contributed by atoms with Crippen molar-refractivity contribution in [3.05, 3.63) is 58.1 Å². The lowest BCUT2D eigenvalue weighted by molar-refractivity contribution is -0.122. The van der Waals surface area contributed by atoms with Gasteiger partial charge in [0.2, 0.25) is 0 Å². The van der Waals surface area contributed by atoms with Crippen molar-refractivity contribution in [1.29, 1.82) is 0 Å². The van der Waals surface area contributed by atoms with Crippen LogP contribution in [0.25, 0.3) is 0 Å². The highest BCUT2D eigenvalue weighted by molar-refractivity contribution is 6.35. The molecule has 0 heterocycles. The molecule has 25 heavy (non-hydrogen) atoms. The molecule has 2 amide bonds. The highest BCUT2D eigenvalue weighted by atomic mass is 35.5. The number of ether oxygens (including phenoxy) is 1. The van der Waals surface area contributed by atoms with Crippen LogP contribution in [0, 0.1) is 0 Å². The predicted molar refractivity (Wildman–Crippen MR) is 99.6 cm³/mol. The zero-order valence-corrected chi connectivity index (χ0v) is 15.6. The van der Waals surface area contributed by atoms with Crippen LogP contribution < -0.4 is 10.1 Å². The smallest absolute Gasteiger partial charge is 0.265 e. The van der Waals surface area contributed by atoms with E-state index >= 15 is 0 Å². The molecule has 0 spiro atoms. The van der Waals surface area contributed by atoms with Crippen LogP contribution >= 0.6 is 23.2 Å². The van der Waals surface area contributed by atoms with Gasteiger partial charge in [0, 0.05) is 30.4 Å². The molecule has 2 aromatic rings. The normalized spacial score (nSPS) is 11.6. The number of rotatable bonds is 5. The van der Waals surface area contributed by atoms with Gasteiger partial charge in [0.25, 0.3) is 11.8 Å². The summed E-state index contributed by atoms with van der Waals surface area (Å²) in [5.41, 5.74) is 1.11. The quantitative estimate of drug-likeness (QED) is 0.849. The lowest BCUT2D eigenvalue weighted by Crippen LogP contribution is -2.30. The molecule has 2 aromatic carbocycles. The maximum atomic E-state index is 12.2. The zero-order valence-electron chi connectivity index (χ0n) is 14.0. The number of benzene rings is 2. The molecule has 0 bridgehead atoms. The van der Waals surface area contributed by atoms with Gasteiger partial charge in [-0.05, 0) is 49.4 Å². The van der Waals surface area contributed by atoms with Gasteiger partial charge in [-0.3, -0.25) is 9.59 Å². The number of carbonyl (C=O) groups excluding carboxylic acids is 2. The Kier molecular flexibility index (Phi) is 6.28. The third-order valence-electron chi connectivity index (χ3n) is 3.37. The zero-order chi connectivity index (χ0) is 18.6. The third kappa shape index (κ3) is 5.11. The molecule has 0 aromatic heterocycles. The molecule has 7 heteroatoms. The fourth-order valence-electron chi connectivity index (χ4n) is 2.01. The Balaban J connectivity index is 2.00. The first-order valence-electron chi connectivity index (χ1n) is 7.52. The number of hydrogen-bond donors (Lipinski definition) is 1. The molecule has 0 aliphatic rings. The van der Waals surface area contributed by atoms with E-state index in [0.717, 1.165) is 0 Å². The summed E-state index contributed by atoms with van der Waals surface area (Å²) in [6.45, 7) is 1.62. The number of halogens is 2. The number of hydrogen-bond acceptors (Lipinski definition) is 3. The van der Waals surface area contributed by atoms with Gasteiger partial charge in [0.15, 0.2) is 6.10 Å². The molecule has 5 nitrogen and oxygen atoms in total. The Bertz CT molecular complexity index is 776. The molecule has 0 fully saturated rings. The number of amides is 2. The monoisotopic (exact) mass is 380 g/mol. The van der Waals surface area contributed by atoms with Crippen LogP contribution in [0.4, 0.5) is 5.69 Å². The Morgan fingerprint density at radius 2 is 1.72 bits per heavy atom. The van der Waals surface area contributed by atoms with E-state index in [1.165, 1.54) is 4.90 Å². The Morgan fingerprint density at radius 1 is 1.08 bits per heavy atom. The molecule has 0 aliphatic heterocycles. The maximum absolute atomic E-state index is 12.2. The number of nitrogens with one attached hydrogen (secondary N) is 1. The highest BCUT2D eigenvalue weighted by Gasteiger charge is 2.17. The molecule has 132 valence electrons. The van der Waals surface area contributed by atoms with Crippen LogP contribution in [0.2, 0.25) is 10.0 Å². The molecular formula is C18H18Cl2N2O3. The van der Waals surface area contributed by atoms with Crippen molar-refractivity contribution in [3.63, 3.8) is 0 Å². The molecule has 0 saturated heterocycles. The van der Waals surface area contributed by atoms with Gasteiger partial charge in [-0.2, -0.15) is 0 Å². The molecule has 1 N–H and O–H groups in total. The Morgan fingerprint density at radius 3 is 2.28 bits per heavy atom. The second-order valence-electron chi connectivity index (χ2n) is 5.60. The van der Waals surface area contributed by atoms with Crippen molar-refractivity contribution in [2.45, 2.75) is 13.0 Å². The van der Waals surface area contributed by atoms with Crippen molar-refractivity contribution in [1.82, 2.24) is 4.90 Å². The van der Waals surface area contributed by atoms with Gasteiger partial charge in [-0.15, -0.1) is 0 Å². The Hall–Kier alpha value is -2.24. The van der Waals surface area contributed by atoms with Crippen LogP contribution in [0.15, 0.2) is 42.5 Å². The van der Waals surface area contributed by atoms with Gasteiger partial charge in [0.1, 0.15) is 5.75 Å². The van der Waals surface area contributed by atoms with Gasteiger partial charge in [-0.1, -0.05) is 23.2 Å². The first-order valence-corrected chi connectivity index (χ1v) is 8.28. The van der Waals surface area contributed by atoms with Gasteiger partial charge in [0.05, 0.1) is 5.02 Å². The van der Waals surface area contributed by atoms with Crippen LogP contribution in [-0.2, 0) is 4.79 Å². The van der Waals surface area contributed by atoms with E-state index in [4.69, 9.17) is 27.9 Å². The van der Waals surface area contributed by atoms with E-state index in [1.54, 1.807) is 63.5 Å². The first kappa shape index (κ1) is 19.1. The fraction of sp³-hybridized carbons (Fsp3) is 0.222. The van der Waals surface area contributed by atoms with Crippen molar-refractivity contribution in [2.75, 3.05) is 19.4 Å². The molecule has 1 atom stereocenters. The largest absolute Gasteiger partial charge is 0.479 e. The summed E-state index contributed by atoms with van der Waals surface area (Å²) in [4.78, 5) is 25.6. The van der Waals surface area contributed by atoms with E-state index in [1.807, 2.05) is 0 Å². The summed E-state index contributed by atoms with van der Waals surface area (Å²) in [5.74, 6) is -0.0645. The van der Waals surface area contributed by atoms with Gasteiger partial charge < -0.3 is 15.0 Å². The van der Waals surface area contributed by atoms with Crippen LogP contribution in [0.1, 0.15) is 17.3 Å². The van der Waals surface area contributed by atoms with Crippen molar-refractivity contribution in [3.8, 4) is 5.75 Å². The van der Waals surface area contributed by atoms with Crippen molar-refractivity contribution >= 4 is 40.7 Å². The number of anilines is 1. The van der Waals surface area contributed by atoms with E-state index in [0.29, 0.717) is 27.0 Å². The summed E-state index contributed by atoms with van der Waals surface area (Å²) in [5, 5.41) is 3.55. The van der Waals surface area contributed by atoms with E-state index in [9.17, 15) is 9.59 Å². The summed E-state index contributed by atoms with van der Waals surface area (Å²) in [6.07, 6.45) is -0.762. The SMILES string of the molecule is C[C@H](Oc1ccc(Cl)cc1Cl)C(=O)Nc1ccc(C(=O)N(C)C)cc1. The Labute approximate surface area is 156 Å². The van der Waals surface area contributed by atoms with E-state index in [2.05, 4.69) is 5.32 Å².